The molecule has 0 radical (unpaired) electrons. The average molecular weight is 172 g/mol. The molecule has 0 aromatic rings. The molecule has 0 aromatic heterocycles. The minimum atomic E-state index is 0.741. The third-order valence-electron chi connectivity index (χ3n) is 1.42. The van der Waals surface area contributed by atoms with Crippen LogP contribution in [-0.2, 0) is 0 Å². The molecular formula is C9H8N4. The van der Waals surface area contributed by atoms with E-state index in [-0.39, 0.29) is 0 Å². The summed E-state index contributed by atoms with van der Waals surface area (Å²) in [5, 5.41) is 3.35. The maximum absolute atomic E-state index is 8.12. The molecule has 0 aromatic carbocycles. The molecule has 0 fully saturated rings. The van der Waals surface area contributed by atoms with E-state index in [9.17, 15) is 0 Å². The Bertz CT molecular complexity index is 365. The summed E-state index contributed by atoms with van der Waals surface area (Å²) in [4.78, 5) is 6.64. The van der Waals surface area contributed by atoms with Gasteiger partial charge in [0.2, 0.25) is 0 Å². The Balaban J connectivity index is 3.01. The molecular weight excluding hydrogens is 164 g/mol. The van der Waals surface area contributed by atoms with Crippen molar-refractivity contribution in [2.45, 2.75) is 0 Å². The summed E-state index contributed by atoms with van der Waals surface area (Å²) in [6.07, 6.45) is 10.2. The molecule has 0 spiro atoms. The van der Waals surface area contributed by atoms with Crippen molar-refractivity contribution in [1.82, 2.24) is 0 Å². The number of hydrogen-bond donors (Lipinski definition) is 0. The molecule has 0 saturated carbocycles. The van der Waals surface area contributed by atoms with Crippen LogP contribution in [0.25, 0.3) is 10.4 Å². The highest BCUT2D eigenvalue weighted by Gasteiger charge is 2.00. The van der Waals surface area contributed by atoms with E-state index in [4.69, 9.17) is 5.53 Å². The predicted octanol–water partition coefficient (Wildman–Crippen LogP) is 2.89. The van der Waals surface area contributed by atoms with Gasteiger partial charge in [-0.2, -0.15) is 0 Å². The molecule has 64 valence electrons. The fourth-order valence-electron chi connectivity index (χ4n) is 0.901. The van der Waals surface area contributed by atoms with Gasteiger partial charge >= 0.3 is 0 Å². The minimum absolute atomic E-state index is 0.741. The van der Waals surface area contributed by atoms with Crippen molar-refractivity contribution in [2.24, 2.45) is 10.1 Å². The molecule has 13 heavy (non-hydrogen) atoms. The molecule has 0 aliphatic heterocycles. The Morgan fingerprint density at radius 2 is 2.15 bits per heavy atom. The van der Waals surface area contributed by atoms with Gasteiger partial charge in [0.1, 0.15) is 0 Å². The molecule has 0 atom stereocenters. The van der Waals surface area contributed by atoms with Crippen molar-refractivity contribution in [1.29, 1.82) is 0 Å². The van der Waals surface area contributed by atoms with Gasteiger partial charge in [-0.15, -0.1) is 0 Å². The number of aliphatic imine (C=N–C) groups is 1. The van der Waals surface area contributed by atoms with Gasteiger partial charge in [-0.25, -0.2) is 0 Å². The van der Waals surface area contributed by atoms with Gasteiger partial charge in [-0.1, -0.05) is 29.9 Å². The highest BCUT2D eigenvalue weighted by molar-refractivity contribution is 6.11. The first-order valence-electron chi connectivity index (χ1n) is 3.66. The first-order chi connectivity index (χ1) is 6.38. The molecule has 4 heteroatoms. The number of allylic oxidation sites excluding steroid dienone is 5. The third-order valence-corrected chi connectivity index (χ3v) is 1.42. The van der Waals surface area contributed by atoms with E-state index in [1.54, 1.807) is 0 Å². The van der Waals surface area contributed by atoms with Gasteiger partial charge < -0.3 is 0 Å². The zero-order chi connectivity index (χ0) is 9.52. The Hall–Kier alpha value is -2.06. The summed E-state index contributed by atoms with van der Waals surface area (Å²) in [5.41, 5.74) is 9.64. The molecule has 4 nitrogen and oxygen atoms in total. The van der Waals surface area contributed by atoms with Crippen LogP contribution >= 0.6 is 0 Å². The van der Waals surface area contributed by atoms with E-state index in [1.807, 2.05) is 24.3 Å². The maximum Gasteiger partial charge on any atom is 0.0700 e. The van der Waals surface area contributed by atoms with Crippen LogP contribution in [0.15, 0.2) is 59.0 Å². The highest BCUT2D eigenvalue weighted by atomic mass is 15.1. The van der Waals surface area contributed by atoms with Crippen molar-refractivity contribution < 1.29 is 0 Å². The van der Waals surface area contributed by atoms with Gasteiger partial charge in [0.05, 0.1) is 5.71 Å². The lowest BCUT2D eigenvalue weighted by atomic mass is 10.1. The summed E-state index contributed by atoms with van der Waals surface area (Å²) in [6.45, 7) is 3.49. The van der Waals surface area contributed by atoms with Crippen molar-refractivity contribution in [2.75, 3.05) is 0 Å². The number of hydrogen-bond acceptors (Lipinski definition) is 2. The monoisotopic (exact) mass is 172 g/mol. The van der Waals surface area contributed by atoms with Gasteiger partial charge in [0.25, 0.3) is 0 Å². The van der Waals surface area contributed by atoms with Crippen LogP contribution in [0.2, 0.25) is 0 Å². The lowest BCUT2D eigenvalue weighted by molar-refractivity contribution is 1.45. The van der Waals surface area contributed by atoms with Crippen molar-refractivity contribution >= 4 is 5.71 Å². The number of azide groups is 1. The minimum Gasteiger partial charge on any atom is -0.257 e. The normalized spacial score (nSPS) is 20.3. The van der Waals surface area contributed by atoms with Crippen molar-refractivity contribution in [3.05, 3.63) is 59.3 Å². The van der Waals surface area contributed by atoms with E-state index in [0.717, 1.165) is 11.3 Å². The maximum atomic E-state index is 8.12. The van der Waals surface area contributed by atoms with Crippen molar-refractivity contribution in [3.63, 3.8) is 0 Å². The lowest BCUT2D eigenvalue weighted by Gasteiger charge is -2.03. The first-order valence-corrected chi connectivity index (χ1v) is 3.66. The second-order valence-electron chi connectivity index (χ2n) is 2.20. The van der Waals surface area contributed by atoms with Crippen LogP contribution < -0.4 is 0 Å². The standard InChI is InChI=1S/C9H8N4/c1-2-11-9-6-4-3-5-8(9)7-12-13-10/h2-7H,1H2/b8-7-,11-9?. The summed E-state index contributed by atoms with van der Waals surface area (Å²) in [7, 11) is 0. The fraction of sp³-hybridized carbons (Fsp3) is 0. The van der Waals surface area contributed by atoms with Crippen LogP contribution in [0.4, 0.5) is 0 Å². The third kappa shape index (κ3) is 2.47. The topological polar surface area (TPSA) is 61.1 Å². The number of nitrogens with zero attached hydrogens (tertiary/aromatic N) is 4. The van der Waals surface area contributed by atoms with Gasteiger partial charge in [-0.05, 0) is 11.6 Å². The lowest BCUT2D eigenvalue weighted by Crippen LogP contribution is -1.98. The van der Waals surface area contributed by atoms with E-state index >= 15 is 0 Å². The average Bonchev–Trinajstić information content (AvgIpc) is 2.17. The Morgan fingerprint density at radius 1 is 1.38 bits per heavy atom. The summed E-state index contributed by atoms with van der Waals surface area (Å²) < 4.78 is 0. The second-order valence-corrected chi connectivity index (χ2v) is 2.20. The highest BCUT2D eigenvalue weighted by Crippen LogP contribution is 2.08. The van der Waals surface area contributed by atoms with Crippen LogP contribution in [-0.4, -0.2) is 5.71 Å². The molecule has 1 aliphatic carbocycles. The smallest absolute Gasteiger partial charge is 0.0700 e. The van der Waals surface area contributed by atoms with Crippen molar-refractivity contribution in [3.8, 4) is 0 Å². The Morgan fingerprint density at radius 3 is 2.85 bits per heavy atom. The van der Waals surface area contributed by atoms with Crippen LogP contribution in [0.1, 0.15) is 0 Å². The molecule has 0 unspecified atom stereocenters. The van der Waals surface area contributed by atoms with Gasteiger partial charge in [0, 0.05) is 22.9 Å². The molecule has 0 heterocycles. The summed E-state index contributed by atoms with van der Waals surface area (Å²) in [6, 6.07) is 0. The first kappa shape index (κ1) is 9.03. The zero-order valence-electron chi connectivity index (χ0n) is 6.96. The summed E-state index contributed by atoms with van der Waals surface area (Å²) >= 11 is 0. The predicted molar refractivity (Wildman–Crippen MR) is 53.1 cm³/mol. The van der Waals surface area contributed by atoms with Crippen LogP contribution in [0, 0.1) is 0 Å². The molecule has 1 rings (SSSR count). The molecule has 0 saturated heterocycles. The van der Waals surface area contributed by atoms with E-state index < -0.39 is 0 Å². The van der Waals surface area contributed by atoms with Gasteiger partial charge in [0.15, 0.2) is 0 Å². The molecule has 0 amide bonds. The summed E-state index contributed by atoms with van der Waals surface area (Å²) in [5.74, 6) is 0. The van der Waals surface area contributed by atoms with E-state index in [2.05, 4.69) is 21.6 Å². The largest absolute Gasteiger partial charge is 0.257 e. The van der Waals surface area contributed by atoms with Crippen LogP contribution in [0.3, 0.4) is 0 Å². The van der Waals surface area contributed by atoms with Crippen LogP contribution in [0.5, 0.6) is 0 Å². The SMILES string of the molecule is C=CN=C1C=CC=C/C1=C/N=[N+]=[N-]. The number of rotatable bonds is 2. The zero-order valence-corrected chi connectivity index (χ0v) is 6.96. The molecule has 1 aliphatic rings. The Labute approximate surface area is 75.9 Å². The molecule has 0 N–H and O–H groups in total. The second kappa shape index (κ2) is 4.74. The quantitative estimate of drug-likeness (QED) is 0.349. The van der Waals surface area contributed by atoms with E-state index in [0.29, 0.717) is 0 Å². The Kier molecular flexibility index (Phi) is 3.30. The van der Waals surface area contributed by atoms with E-state index in [1.165, 1.54) is 12.4 Å². The fourth-order valence-corrected chi connectivity index (χ4v) is 0.901. The molecule has 0 bridgehead atoms. The van der Waals surface area contributed by atoms with Gasteiger partial charge in [-0.3, -0.25) is 4.99 Å².